The van der Waals surface area contributed by atoms with E-state index in [1.54, 1.807) is 0 Å². The van der Waals surface area contributed by atoms with Crippen molar-refractivity contribution in [1.29, 1.82) is 0 Å². The van der Waals surface area contributed by atoms with Crippen LogP contribution in [0.3, 0.4) is 0 Å². The molecule has 0 aliphatic heterocycles. The van der Waals surface area contributed by atoms with Gasteiger partial charge >= 0.3 is 0 Å². The van der Waals surface area contributed by atoms with Crippen molar-refractivity contribution >= 4 is 15.9 Å². The molecule has 0 aliphatic carbocycles. The van der Waals surface area contributed by atoms with Gasteiger partial charge in [-0.2, -0.15) is 0 Å². The fourth-order valence-corrected chi connectivity index (χ4v) is 2.11. The highest BCUT2D eigenvalue weighted by Crippen LogP contribution is 2.22. The second kappa shape index (κ2) is 7.05. The summed E-state index contributed by atoms with van der Waals surface area (Å²) in [6.07, 6.45) is 0. The van der Waals surface area contributed by atoms with Crippen LogP contribution in [0.25, 0.3) is 0 Å². The molecule has 16 heavy (non-hydrogen) atoms. The van der Waals surface area contributed by atoms with Crippen molar-refractivity contribution in [3.8, 4) is 0 Å². The first kappa shape index (κ1) is 13.7. The summed E-state index contributed by atoms with van der Waals surface area (Å²) in [5, 5.41) is 3.46. The summed E-state index contributed by atoms with van der Waals surface area (Å²) in [5.41, 5.74) is 2.61. The summed E-state index contributed by atoms with van der Waals surface area (Å²) in [6.45, 7) is 8.71. The number of nitrogens with one attached hydrogen (secondary N) is 1. The Labute approximate surface area is 107 Å². The van der Waals surface area contributed by atoms with Gasteiger partial charge in [-0.3, -0.25) is 0 Å². The van der Waals surface area contributed by atoms with E-state index in [0.29, 0.717) is 0 Å². The van der Waals surface area contributed by atoms with Crippen LogP contribution in [0, 0.1) is 6.92 Å². The second-order valence-electron chi connectivity index (χ2n) is 3.77. The SMILES string of the molecule is CCNC(COCC)c1cc(Br)ccc1C. The molecule has 2 nitrogen and oxygen atoms in total. The Morgan fingerprint density at radius 2 is 2.12 bits per heavy atom. The Bertz CT molecular complexity index is 328. The summed E-state index contributed by atoms with van der Waals surface area (Å²) < 4.78 is 6.64. The summed E-state index contributed by atoms with van der Waals surface area (Å²) in [7, 11) is 0. The number of ether oxygens (including phenoxy) is 1. The molecule has 0 aliphatic rings. The number of benzene rings is 1. The van der Waals surface area contributed by atoms with Crippen LogP contribution >= 0.6 is 15.9 Å². The standard InChI is InChI=1S/C13H20BrNO/c1-4-15-13(9-16-5-2)12-8-11(14)7-6-10(12)3/h6-8,13,15H,4-5,9H2,1-3H3. The maximum atomic E-state index is 5.52. The van der Waals surface area contributed by atoms with Gasteiger partial charge in [0.15, 0.2) is 0 Å². The van der Waals surface area contributed by atoms with Crippen molar-refractivity contribution < 1.29 is 4.74 Å². The Morgan fingerprint density at radius 3 is 2.75 bits per heavy atom. The van der Waals surface area contributed by atoms with E-state index in [1.165, 1.54) is 11.1 Å². The number of rotatable bonds is 6. The van der Waals surface area contributed by atoms with Crippen molar-refractivity contribution in [2.75, 3.05) is 19.8 Å². The van der Waals surface area contributed by atoms with E-state index in [2.05, 4.69) is 53.3 Å². The zero-order valence-corrected chi connectivity index (χ0v) is 11.8. The number of hydrogen-bond acceptors (Lipinski definition) is 2. The van der Waals surface area contributed by atoms with Crippen LogP contribution < -0.4 is 5.32 Å². The minimum atomic E-state index is 0.280. The molecule has 1 atom stereocenters. The molecular formula is C13H20BrNO. The third-order valence-corrected chi connectivity index (χ3v) is 3.05. The van der Waals surface area contributed by atoms with E-state index in [4.69, 9.17) is 4.74 Å². The molecule has 0 aromatic heterocycles. The second-order valence-corrected chi connectivity index (χ2v) is 4.69. The van der Waals surface area contributed by atoms with Gasteiger partial charge in [-0.25, -0.2) is 0 Å². The van der Waals surface area contributed by atoms with Crippen LogP contribution in [-0.4, -0.2) is 19.8 Å². The van der Waals surface area contributed by atoms with E-state index in [0.717, 1.165) is 24.2 Å². The van der Waals surface area contributed by atoms with Crippen molar-refractivity contribution in [2.45, 2.75) is 26.8 Å². The van der Waals surface area contributed by atoms with Crippen molar-refractivity contribution in [3.05, 3.63) is 33.8 Å². The number of likely N-dealkylation sites (N-methyl/N-ethyl adjacent to an activating group) is 1. The summed E-state index contributed by atoms with van der Waals surface area (Å²) in [5.74, 6) is 0. The first-order chi connectivity index (χ1) is 7.69. The van der Waals surface area contributed by atoms with Gasteiger partial charge in [0.25, 0.3) is 0 Å². The Morgan fingerprint density at radius 1 is 1.38 bits per heavy atom. The monoisotopic (exact) mass is 285 g/mol. The van der Waals surface area contributed by atoms with E-state index in [-0.39, 0.29) is 6.04 Å². The van der Waals surface area contributed by atoms with Crippen LogP contribution in [0.4, 0.5) is 0 Å². The van der Waals surface area contributed by atoms with Crippen LogP contribution in [0.5, 0.6) is 0 Å². The molecule has 0 spiro atoms. The predicted octanol–water partition coefficient (Wildman–Crippen LogP) is 3.44. The molecule has 1 aromatic carbocycles. The van der Waals surface area contributed by atoms with Gasteiger partial charge in [0.1, 0.15) is 0 Å². The van der Waals surface area contributed by atoms with Gasteiger partial charge in [0.05, 0.1) is 12.6 Å². The molecule has 0 bridgehead atoms. The first-order valence-electron chi connectivity index (χ1n) is 5.76. The molecule has 0 saturated heterocycles. The third kappa shape index (κ3) is 3.89. The first-order valence-corrected chi connectivity index (χ1v) is 6.55. The van der Waals surface area contributed by atoms with Gasteiger partial charge in [-0.05, 0) is 43.7 Å². The van der Waals surface area contributed by atoms with Crippen LogP contribution in [0.2, 0.25) is 0 Å². The van der Waals surface area contributed by atoms with Crippen molar-refractivity contribution in [3.63, 3.8) is 0 Å². The maximum absolute atomic E-state index is 5.52. The van der Waals surface area contributed by atoms with Crippen LogP contribution in [0.15, 0.2) is 22.7 Å². The summed E-state index contributed by atoms with van der Waals surface area (Å²) >= 11 is 3.52. The fourth-order valence-electron chi connectivity index (χ4n) is 1.73. The van der Waals surface area contributed by atoms with E-state index in [9.17, 15) is 0 Å². The van der Waals surface area contributed by atoms with Gasteiger partial charge in [0.2, 0.25) is 0 Å². The molecule has 1 N–H and O–H groups in total. The molecule has 1 unspecified atom stereocenters. The average molecular weight is 286 g/mol. The lowest BCUT2D eigenvalue weighted by atomic mass is 10.0. The number of halogens is 1. The third-order valence-electron chi connectivity index (χ3n) is 2.56. The van der Waals surface area contributed by atoms with Crippen molar-refractivity contribution in [1.82, 2.24) is 5.32 Å². The molecule has 0 fully saturated rings. The Balaban J connectivity index is 2.85. The lowest BCUT2D eigenvalue weighted by Crippen LogP contribution is -2.26. The highest BCUT2D eigenvalue weighted by molar-refractivity contribution is 9.10. The van der Waals surface area contributed by atoms with Gasteiger partial charge in [-0.15, -0.1) is 0 Å². The van der Waals surface area contributed by atoms with Crippen LogP contribution in [0.1, 0.15) is 31.0 Å². The van der Waals surface area contributed by atoms with Gasteiger partial charge in [-0.1, -0.05) is 28.9 Å². The summed E-state index contributed by atoms with van der Waals surface area (Å²) in [6, 6.07) is 6.65. The quantitative estimate of drug-likeness (QED) is 0.865. The highest BCUT2D eigenvalue weighted by atomic mass is 79.9. The van der Waals surface area contributed by atoms with Gasteiger partial charge < -0.3 is 10.1 Å². The molecule has 0 saturated carbocycles. The van der Waals surface area contributed by atoms with Crippen LogP contribution in [-0.2, 0) is 4.74 Å². The molecule has 0 heterocycles. The molecular weight excluding hydrogens is 266 g/mol. The molecule has 1 rings (SSSR count). The van der Waals surface area contributed by atoms with Crippen molar-refractivity contribution in [2.24, 2.45) is 0 Å². The molecule has 3 heteroatoms. The zero-order valence-electron chi connectivity index (χ0n) is 10.2. The minimum Gasteiger partial charge on any atom is -0.380 e. The topological polar surface area (TPSA) is 21.3 Å². The number of hydrogen-bond donors (Lipinski definition) is 1. The summed E-state index contributed by atoms with van der Waals surface area (Å²) in [4.78, 5) is 0. The lowest BCUT2D eigenvalue weighted by Gasteiger charge is -2.20. The molecule has 1 aromatic rings. The average Bonchev–Trinajstić information content (AvgIpc) is 2.28. The van der Waals surface area contributed by atoms with Gasteiger partial charge in [0, 0.05) is 11.1 Å². The van der Waals surface area contributed by atoms with E-state index < -0.39 is 0 Å². The molecule has 0 radical (unpaired) electrons. The predicted molar refractivity (Wildman–Crippen MR) is 71.8 cm³/mol. The van der Waals surface area contributed by atoms with E-state index >= 15 is 0 Å². The zero-order chi connectivity index (χ0) is 12.0. The largest absolute Gasteiger partial charge is 0.380 e. The highest BCUT2D eigenvalue weighted by Gasteiger charge is 2.12. The number of aryl methyl sites for hydroxylation is 1. The maximum Gasteiger partial charge on any atom is 0.0661 e. The Hall–Kier alpha value is -0.380. The fraction of sp³-hybridized carbons (Fsp3) is 0.538. The normalized spacial score (nSPS) is 12.8. The smallest absolute Gasteiger partial charge is 0.0661 e. The Kier molecular flexibility index (Phi) is 6.03. The van der Waals surface area contributed by atoms with E-state index in [1.807, 2.05) is 6.92 Å². The lowest BCUT2D eigenvalue weighted by molar-refractivity contribution is 0.123. The molecule has 0 amide bonds. The minimum absolute atomic E-state index is 0.280. The molecule has 90 valence electrons.